The molecule has 0 saturated heterocycles. The molecule has 2 amide bonds. The van der Waals surface area contributed by atoms with Crippen LogP contribution in [0.5, 0.6) is 0 Å². The molecule has 3 aromatic rings. The SMILES string of the molecule is O=C(Nc1ccccc1Br)Nc1ccccc1NS(=O)(=O)c1cc(Cl)sc1Cl. The highest BCUT2D eigenvalue weighted by Crippen LogP contribution is 2.36. The zero-order valence-corrected chi connectivity index (χ0v) is 18.6. The first-order valence-corrected chi connectivity index (χ1v) is 11.5. The molecule has 0 radical (unpaired) electrons. The normalized spacial score (nSPS) is 11.1. The third-order valence-corrected chi connectivity index (χ3v) is 7.27. The summed E-state index contributed by atoms with van der Waals surface area (Å²) < 4.78 is 28.7. The fourth-order valence-electron chi connectivity index (χ4n) is 2.23. The maximum atomic E-state index is 12.6. The van der Waals surface area contributed by atoms with E-state index < -0.39 is 16.1 Å². The topological polar surface area (TPSA) is 87.3 Å². The average Bonchev–Trinajstić information content (AvgIpc) is 2.98. The van der Waals surface area contributed by atoms with Crippen molar-refractivity contribution in [3.63, 3.8) is 0 Å². The summed E-state index contributed by atoms with van der Waals surface area (Å²) in [4.78, 5) is 12.2. The van der Waals surface area contributed by atoms with Gasteiger partial charge >= 0.3 is 6.03 Å². The molecule has 0 saturated carbocycles. The minimum absolute atomic E-state index is 0.0506. The Labute approximate surface area is 184 Å². The molecule has 0 bridgehead atoms. The van der Waals surface area contributed by atoms with Gasteiger partial charge in [0.1, 0.15) is 9.23 Å². The molecule has 0 spiro atoms. The lowest BCUT2D eigenvalue weighted by atomic mass is 10.3. The molecule has 0 aliphatic rings. The minimum Gasteiger partial charge on any atom is -0.307 e. The predicted octanol–water partition coefficient (Wildman–Crippen LogP) is 6.26. The van der Waals surface area contributed by atoms with Gasteiger partial charge in [-0.25, -0.2) is 13.2 Å². The van der Waals surface area contributed by atoms with Crippen molar-refractivity contribution in [1.82, 2.24) is 0 Å². The van der Waals surface area contributed by atoms with Crippen molar-refractivity contribution in [3.8, 4) is 0 Å². The molecule has 3 N–H and O–H groups in total. The van der Waals surface area contributed by atoms with Gasteiger partial charge in [-0.1, -0.05) is 47.5 Å². The first-order chi connectivity index (χ1) is 13.3. The number of anilines is 3. The molecule has 146 valence electrons. The number of sulfonamides is 1. The van der Waals surface area contributed by atoms with Crippen molar-refractivity contribution >= 4 is 83.6 Å². The summed E-state index contributed by atoms with van der Waals surface area (Å²) in [6, 6.07) is 14.2. The van der Waals surface area contributed by atoms with Gasteiger partial charge in [-0.3, -0.25) is 4.72 Å². The van der Waals surface area contributed by atoms with Crippen LogP contribution in [0.25, 0.3) is 0 Å². The van der Waals surface area contributed by atoms with E-state index in [2.05, 4.69) is 31.3 Å². The van der Waals surface area contributed by atoms with Crippen LogP contribution < -0.4 is 15.4 Å². The van der Waals surface area contributed by atoms with Gasteiger partial charge < -0.3 is 10.6 Å². The van der Waals surface area contributed by atoms with E-state index in [0.29, 0.717) is 10.2 Å². The summed E-state index contributed by atoms with van der Waals surface area (Å²) in [5, 5.41) is 5.31. The number of urea groups is 1. The number of halogens is 3. The lowest BCUT2D eigenvalue weighted by molar-refractivity contribution is 0.262. The number of carbonyl (C=O) groups is 1. The molecule has 11 heteroatoms. The van der Waals surface area contributed by atoms with Crippen molar-refractivity contribution < 1.29 is 13.2 Å². The van der Waals surface area contributed by atoms with Crippen molar-refractivity contribution in [2.24, 2.45) is 0 Å². The van der Waals surface area contributed by atoms with Crippen LogP contribution in [0.4, 0.5) is 21.9 Å². The van der Waals surface area contributed by atoms with Crippen LogP contribution in [-0.2, 0) is 10.0 Å². The first kappa shape index (κ1) is 20.9. The minimum atomic E-state index is -3.98. The van der Waals surface area contributed by atoms with Gasteiger partial charge in [0.2, 0.25) is 0 Å². The second kappa shape index (κ2) is 8.71. The number of hydrogen-bond acceptors (Lipinski definition) is 4. The quantitative estimate of drug-likeness (QED) is 0.371. The Hall–Kier alpha value is -1.78. The molecule has 28 heavy (non-hydrogen) atoms. The third-order valence-electron chi connectivity index (χ3n) is 3.46. The second-order valence-corrected chi connectivity index (χ2v) is 10.2. The predicted molar refractivity (Wildman–Crippen MR) is 118 cm³/mol. The van der Waals surface area contributed by atoms with E-state index in [4.69, 9.17) is 23.2 Å². The molecule has 2 aromatic carbocycles. The van der Waals surface area contributed by atoms with Crippen molar-refractivity contribution in [1.29, 1.82) is 0 Å². The van der Waals surface area contributed by atoms with Gasteiger partial charge in [0.15, 0.2) is 0 Å². The van der Waals surface area contributed by atoms with Crippen LogP contribution in [0, 0.1) is 0 Å². The number of rotatable bonds is 5. The lowest BCUT2D eigenvalue weighted by Gasteiger charge is -2.14. The van der Waals surface area contributed by atoms with E-state index in [9.17, 15) is 13.2 Å². The Morgan fingerprint density at radius 2 is 1.50 bits per heavy atom. The lowest BCUT2D eigenvalue weighted by Crippen LogP contribution is -2.21. The monoisotopic (exact) mass is 519 g/mol. The Balaban J connectivity index is 1.81. The maximum Gasteiger partial charge on any atom is 0.323 e. The standard InChI is InChI=1S/C17H12BrCl2N3O3S2/c18-10-5-1-2-6-11(10)21-17(24)22-12-7-3-4-8-13(12)23-28(25,26)14-9-15(19)27-16(14)20/h1-9,23H,(H2,21,22,24). The zero-order valence-electron chi connectivity index (χ0n) is 13.9. The number of amides is 2. The number of para-hydroxylation sites is 3. The van der Waals surface area contributed by atoms with Gasteiger partial charge in [-0.2, -0.15) is 0 Å². The molecule has 0 fully saturated rings. The number of benzene rings is 2. The van der Waals surface area contributed by atoms with Crippen LogP contribution in [0.15, 0.2) is 64.0 Å². The molecule has 3 rings (SSSR count). The van der Waals surface area contributed by atoms with Crippen molar-refractivity contribution in [2.45, 2.75) is 4.90 Å². The van der Waals surface area contributed by atoms with Gasteiger partial charge in [0.25, 0.3) is 10.0 Å². The highest BCUT2D eigenvalue weighted by Gasteiger charge is 2.22. The second-order valence-electron chi connectivity index (χ2n) is 5.40. The molecule has 1 heterocycles. The first-order valence-electron chi connectivity index (χ1n) is 7.65. The van der Waals surface area contributed by atoms with Crippen LogP contribution in [0.1, 0.15) is 0 Å². The number of hydrogen-bond donors (Lipinski definition) is 3. The van der Waals surface area contributed by atoms with Crippen LogP contribution >= 0.6 is 50.5 Å². The molecular weight excluding hydrogens is 509 g/mol. The Kier molecular flexibility index (Phi) is 6.51. The summed E-state index contributed by atoms with van der Waals surface area (Å²) in [7, 11) is -3.98. The fourth-order valence-corrected chi connectivity index (χ4v) is 5.84. The summed E-state index contributed by atoms with van der Waals surface area (Å²) in [6.45, 7) is 0. The number of carbonyl (C=O) groups excluding carboxylic acids is 1. The van der Waals surface area contributed by atoms with Gasteiger partial charge in [-0.05, 0) is 46.3 Å². The third kappa shape index (κ3) is 4.98. The smallest absolute Gasteiger partial charge is 0.307 e. The fraction of sp³-hybridized carbons (Fsp3) is 0. The number of thiophene rings is 1. The molecule has 0 aliphatic carbocycles. The summed E-state index contributed by atoms with van der Waals surface area (Å²) in [6.07, 6.45) is 0. The van der Waals surface area contributed by atoms with Crippen molar-refractivity contribution in [2.75, 3.05) is 15.4 Å². The van der Waals surface area contributed by atoms with E-state index in [1.165, 1.54) is 12.1 Å². The zero-order chi connectivity index (χ0) is 20.3. The summed E-state index contributed by atoms with van der Waals surface area (Å²) >= 11 is 16.1. The van der Waals surface area contributed by atoms with E-state index >= 15 is 0 Å². The highest BCUT2D eigenvalue weighted by atomic mass is 79.9. The largest absolute Gasteiger partial charge is 0.323 e. The molecular formula is C17H12BrCl2N3O3S2. The average molecular weight is 521 g/mol. The maximum absolute atomic E-state index is 12.6. The van der Waals surface area contributed by atoms with E-state index in [1.807, 2.05) is 6.07 Å². The Bertz CT molecular complexity index is 1140. The van der Waals surface area contributed by atoms with Gasteiger partial charge in [0, 0.05) is 4.47 Å². The molecule has 0 atom stereocenters. The van der Waals surface area contributed by atoms with Crippen LogP contribution in [0.3, 0.4) is 0 Å². The Morgan fingerprint density at radius 1 is 0.929 bits per heavy atom. The van der Waals surface area contributed by atoms with Crippen molar-refractivity contribution in [3.05, 3.63) is 67.7 Å². The molecule has 6 nitrogen and oxygen atoms in total. The van der Waals surface area contributed by atoms with E-state index in [0.717, 1.165) is 11.3 Å². The van der Waals surface area contributed by atoms with E-state index in [-0.39, 0.29) is 24.9 Å². The van der Waals surface area contributed by atoms with Gasteiger partial charge in [-0.15, -0.1) is 11.3 Å². The van der Waals surface area contributed by atoms with E-state index in [1.54, 1.807) is 36.4 Å². The van der Waals surface area contributed by atoms with Crippen LogP contribution in [0.2, 0.25) is 8.67 Å². The highest BCUT2D eigenvalue weighted by molar-refractivity contribution is 9.10. The molecule has 0 aliphatic heterocycles. The van der Waals surface area contributed by atoms with Gasteiger partial charge in [0.05, 0.1) is 21.4 Å². The number of nitrogens with one attached hydrogen (secondary N) is 3. The summed E-state index contributed by atoms with van der Waals surface area (Å²) in [5.41, 5.74) is 1.02. The molecule has 0 unspecified atom stereocenters. The summed E-state index contributed by atoms with van der Waals surface area (Å²) in [5.74, 6) is 0. The van der Waals surface area contributed by atoms with Crippen LogP contribution in [-0.4, -0.2) is 14.4 Å². The molecule has 1 aromatic heterocycles. The Morgan fingerprint density at radius 3 is 2.11 bits per heavy atom.